The van der Waals surface area contributed by atoms with Gasteiger partial charge >= 0.3 is 0 Å². The predicted molar refractivity (Wildman–Crippen MR) is 53.5 cm³/mol. The summed E-state index contributed by atoms with van der Waals surface area (Å²) in [5.74, 6) is 0.395. The first-order chi connectivity index (χ1) is 6.27. The molecule has 0 fully saturated rings. The largest absolute Gasteiger partial charge is 0.330 e. The number of aromatic nitrogens is 2. The van der Waals surface area contributed by atoms with Crippen molar-refractivity contribution in [2.75, 3.05) is 6.54 Å². The molecule has 0 aliphatic carbocycles. The van der Waals surface area contributed by atoms with Crippen molar-refractivity contribution in [1.82, 2.24) is 9.97 Å². The molecule has 0 aliphatic heterocycles. The lowest BCUT2D eigenvalue weighted by Gasteiger charge is -2.12. The van der Waals surface area contributed by atoms with Crippen LogP contribution in [0.3, 0.4) is 0 Å². The third-order valence-corrected chi connectivity index (χ3v) is 2.16. The van der Waals surface area contributed by atoms with Crippen LogP contribution in [0.2, 0.25) is 0 Å². The summed E-state index contributed by atoms with van der Waals surface area (Å²) in [4.78, 5) is 8.30. The molecule has 0 saturated heterocycles. The maximum atomic E-state index is 5.68. The van der Waals surface area contributed by atoms with E-state index >= 15 is 0 Å². The Morgan fingerprint density at radius 1 is 1.46 bits per heavy atom. The zero-order chi connectivity index (χ0) is 9.68. The van der Waals surface area contributed by atoms with Gasteiger partial charge < -0.3 is 5.73 Å². The molecule has 1 rings (SSSR count). The second-order valence-electron chi connectivity index (χ2n) is 3.31. The molecule has 3 nitrogen and oxygen atoms in total. The van der Waals surface area contributed by atoms with Crippen molar-refractivity contribution in [1.29, 1.82) is 0 Å². The van der Waals surface area contributed by atoms with Gasteiger partial charge in [-0.05, 0) is 19.4 Å². The Morgan fingerprint density at radius 2 is 2.23 bits per heavy atom. The van der Waals surface area contributed by atoms with Crippen LogP contribution in [0.15, 0.2) is 12.4 Å². The minimum absolute atomic E-state index is 0.395. The van der Waals surface area contributed by atoms with Gasteiger partial charge in [0, 0.05) is 23.9 Å². The number of aryl methyl sites for hydroxylation is 1. The van der Waals surface area contributed by atoms with Gasteiger partial charge in [-0.1, -0.05) is 13.3 Å². The summed E-state index contributed by atoms with van der Waals surface area (Å²) >= 11 is 0. The van der Waals surface area contributed by atoms with E-state index in [1.807, 2.05) is 13.0 Å². The lowest BCUT2D eigenvalue weighted by Crippen LogP contribution is -2.14. The Labute approximate surface area is 79.4 Å². The molecule has 0 amide bonds. The topological polar surface area (TPSA) is 51.8 Å². The molecule has 0 bridgehead atoms. The van der Waals surface area contributed by atoms with Crippen LogP contribution in [0.4, 0.5) is 0 Å². The summed E-state index contributed by atoms with van der Waals surface area (Å²) in [5, 5.41) is 0. The van der Waals surface area contributed by atoms with Gasteiger partial charge in [0.25, 0.3) is 0 Å². The van der Waals surface area contributed by atoms with E-state index in [-0.39, 0.29) is 0 Å². The Balaban J connectivity index is 2.78. The zero-order valence-corrected chi connectivity index (χ0v) is 8.33. The first-order valence-electron chi connectivity index (χ1n) is 4.76. The van der Waals surface area contributed by atoms with Gasteiger partial charge in [-0.2, -0.15) is 0 Å². The summed E-state index contributed by atoms with van der Waals surface area (Å²) in [6.45, 7) is 4.81. The molecular formula is C10H17N3. The van der Waals surface area contributed by atoms with E-state index in [2.05, 4.69) is 16.9 Å². The van der Waals surface area contributed by atoms with Crippen molar-refractivity contribution in [3.63, 3.8) is 0 Å². The van der Waals surface area contributed by atoms with Gasteiger partial charge in [0.1, 0.15) is 6.33 Å². The molecule has 0 unspecified atom stereocenters. The van der Waals surface area contributed by atoms with E-state index in [1.165, 1.54) is 0 Å². The molecule has 13 heavy (non-hydrogen) atoms. The van der Waals surface area contributed by atoms with Crippen LogP contribution in [0, 0.1) is 6.92 Å². The van der Waals surface area contributed by atoms with Crippen LogP contribution >= 0.6 is 0 Å². The van der Waals surface area contributed by atoms with Gasteiger partial charge in [0.15, 0.2) is 0 Å². The summed E-state index contributed by atoms with van der Waals surface area (Å²) in [6, 6.07) is 2.02. The molecule has 1 atom stereocenters. The van der Waals surface area contributed by atoms with Crippen molar-refractivity contribution in [2.24, 2.45) is 5.73 Å². The third-order valence-electron chi connectivity index (χ3n) is 2.16. The minimum Gasteiger partial charge on any atom is -0.330 e. The number of rotatable bonds is 4. The summed E-state index contributed by atoms with van der Waals surface area (Å²) in [6.07, 6.45) is 3.86. The highest BCUT2D eigenvalue weighted by Gasteiger charge is 2.09. The van der Waals surface area contributed by atoms with E-state index in [0.717, 1.165) is 24.2 Å². The van der Waals surface area contributed by atoms with Crippen LogP contribution < -0.4 is 5.73 Å². The fourth-order valence-corrected chi connectivity index (χ4v) is 1.43. The maximum absolute atomic E-state index is 5.68. The smallest absolute Gasteiger partial charge is 0.115 e. The second kappa shape index (κ2) is 4.92. The SMILES string of the molecule is CCC[C@@H](CN)c1cc(C)ncn1. The van der Waals surface area contributed by atoms with Crippen molar-refractivity contribution in [2.45, 2.75) is 32.6 Å². The first-order valence-corrected chi connectivity index (χ1v) is 4.76. The highest BCUT2D eigenvalue weighted by molar-refractivity contribution is 5.11. The molecule has 1 heterocycles. The standard InChI is InChI=1S/C10H17N3/c1-3-4-9(6-11)10-5-8(2)12-7-13-10/h5,7,9H,3-4,6,11H2,1-2H3/t9-/m0/s1. The lowest BCUT2D eigenvalue weighted by atomic mass is 9.99. The number of hydrogen-bond acceptors (Lipinski definition) is 3. The zero-order valence-electron chi connectivity index (χ0n) is 8.33. The monoisotopic (exact) mass is 179 g/mol. The predicted octanol–water partition coefficient (Wildman–Crippen LogP) is 1.63. The molecule has 0 spiro atoms. The summed E-state index contributed by atoms with van der Waals surface area (Å²) in [7, 11) is 0. The van der Waals surface area contributed by atoms with E-state index < -0.39 is 0 Å². The van der Waals surface area contributed by atoms with Gasteiger partial charge in [0.05, 0.1) is 0 Å². The Bertz CT molecular complexity index is 260. The third kappa shape index (κ3) is 2.77. The highest BCUT2D eigenvalue weighted by Crippen LogP contribution is 2.17. The number of hydrogen-bond donors (Lipinski definition) is 1. The van der Waals surface area contributed by atoms with Crippen LogP contribution in [0.5, 0.6) is 0 Å². The number of nitrogens with zero attached hydrogens (tertiary/aromatic N) is 2. The maximum Gasteiger partial charge on any atom is 0.115 e. The molecule has 72 valence electrons. The molecule has 3 heteroatoms. The molecule has 0 aliphatic rings. The van der Waals surface area contributed by atoms with Gasteiger partial charge in [-0.15, -0.1) is 0 Å². The van der Waals surface area contributed by atoms with Gasteiger partial charge in [-0.25, -0.2) is 9.97 Å². The average Bonchev–Trinajstić information content (AvgIpc) is 2.14. The van der Waals surface area contributed by atoms with Crippen LogP contribution in [0.1, 0.15) is 37.1 Å². The summed E-state index contributed by atoms with van der Waals surface area (Å²) < 4.78 is 0. The van der Waals surface area contributed by atoms with Gasteiger partial charge in [-0.3, -0.25) is 0 Å². The normalized spacial score (nSPS) is 12.8. The van der Waals surface area contributed by atoms with E-state index in [4.69, 9.17) is 5.73 Å². The number of nitrogens with two attached hydrogens (primary N) is 1. The van der Waals surface area contributed by atoms with Crippen LogP contribution in [0.25, 0.3) is 0 Å². The Morgan fingerprint density at radius 3 is 2.77 bits per heavy atom. The molecule has 0 saturated carbocycles. The Kier molecular flexibility index (Phi) is 3.83. The van der Waals surface area contributed by atoms with E-state index in [1.54, 1.807) is 6.33 Å². The Hall–Kier alpha value is -0.960. The van der Waals surface area contributed by atoms with Crippen molar-refractivity contribution >= 4 is 0 Å². The average molecular weight is 179 g/mol. The second-order valence-corrected chi connectivity index (χ2v) is 3.31. The molecule has 0 aromatic carbocycles. The first kappa shape index (κ1) is 10.1. The fraction of sp³-hybridized carbons (Fsp3) is 0.600. The minimum atomic E-state index is 0.395. The molecule has 1 aromatic heterocycles. The highest BCUT2D eigenvalue weighted by atomic mass is 14.8. The molecular weight excluding hydrogens is 162 g/mol. The van der Waals surface area contributed by atoms with Crippen LogP contribution in [-0.2, 0) is 0 Å². The summed E-state index contributed by atoms with van der Waals surface area (Å²) in [5.41, 5.74) is 7.77. The lowest BCUT2D eigenvalue weighted by molar-refractivity contribution is 0.604. The van der Waals surface area contributed by atoms with Crippen molar-refractivity contribution in [3.8, 4) is 0 Å². The van der Waals surface area contributed by atoms with E-state index in [9.17, 15) is 0 Å². The van der Waals surface area contributed by atoms with Gasteiger partial charge in [0.2, 0.25) is 0 Å². The van der Waals surface area contributed by atoms with Crippen LogP contribution in [-0.4, -0.2) is 16.5 Å². The molecule has 0 radical (unpaired) electrons. The molecule has 2 N–H and O–H groups in total. The van der Waals surface area contributed by atoms with E-state index in [0.29, 0.717) is 12.5 Å². The van der Waals surface area contributed by atoms with Crippen molar-refractivity contribution < 1.29 is 0 Å². The fourth-order valence-electron chi connectivity index (χ4n) is 1.43. The molecule has 1 aromatic rings. The quantitative estimate of drug-likeness (QED) is 0.764. The van der Waals surface area contributed by atoms with Crippen molar-refractivity contribution in [3.05, 3.63) is 23.8 Å².